The fourth-order valence-electron chi connectivity index (χ4n) is 1.83. The molecule has 0 aliphatic rings. The van der Waals surface area contributed by atoms with E-state index < -0.39 is 0 Å². The van der Waals surface area contributed by atoms with Crippen LogP contribution in [-0.2, 0) is 0 Å². The van der Waals surface area contributed by atoms with Crippen LogP contribution in [-0.4, -0.2) is 25.8 Å². The Balaban J connectivity index is 1.94. The number of nitrogens with one attached hydrogen (secondary N) is 2. The molecule has 19 heavy (non-hydrogen) atoms. The number of nitrogens with zero attached hydrogens (tertiary/aromatic N) is 3. The van der Waals surface area contributed by atoms with E-state index in [4.69, 9.17) is 0 Å². The van der Waals surface area contributed by atoms with Gasteiger partial charge in [-0.1, -0.05) is 0 Å². The van der Waals surface area contributed by atoms with Gasteiger partial charge in [-0.2, -0.15) is 0 Å². The highest BCUT2D eigenvalue weighted by atomic mass is 16.1. The van der Waals surface area contributed by atoms with Crippen LogP contribution in [0.25, 0.3) is 11.0 Å². The van der Waals surface area contributed by atoms with Gasteiger partial charge in [0.25, 0.3) is 5.91 Å². The quantitative estimate of drug-likeness (QED) is 0.730. The lowest BCUT2D eigenvalue weighted by atomic mass is 10.2. The zero-order chi connectivity index (χ0) is 13.2. The summed E-state index contributed by atoms with van der Waals surface area (Å²) in [4.78, 5) is 27.3. The number of carbonyl (C=O) groups is 1. The minimum Gasteiger partial charge on any atom is -0.359 e. The largest absolute Gasteiger partial charge is 0.359 e. The second-order valence-corrected chi connectivity index (χ2v) is 4.16. The van der Waals surface area contributed by atoms with Crippen LogP contribution in [0.4, 0.5) is 5.82 Å². The van der Waals surface area contributed by atoms with E-state index in [1.807, 2.05) is 13.0 Å². The Labute approximate surface area is 108 Å². The second kappa shape index (κ2) is 4.49. The average Bonchev–Trinajstić information content (AvgIpc) is 2.82. The molecule has 6 heteroatoms. The molecule has 0 aromatic carbocycles. The standard InChI is InChI=1S/C13H11N5O/c1-8-4-10-12(17-5-8)9(6-16-10)13(19)18-11-7-14-2-3-15-11/h2-7,16H,1H3,(H,15,18,19). The second-order valence-electron chi connectivity index (χ2n) is 4.16. The van der Waals surface area contributed by atoms with Crippen LogP contribution in [0.2, 0.25) is 0 Å². The van der Waals surface area contributed by atoms with Crippen LogP contribution < -0.4 is 5.32 Å². The fourth-order valence-corrected chi connectivity index (χ4v) is 1.83. The number of aryl methyl sites for hydroxylation is 1. The minimum atomic E-state index is -0.261. The summed E-state index contributed by atoms with van der Waals surface area (Å²) in [6.07, 6.45) is 7.93. The van der Waals surface area contributed by atoms with Crippen molar-refractivity contribution in [2.45, 2.75) is 6.92 Å². The van der Waals surface area contributed by atoms with E-state index in [0.717, 1.165) is 11.1 Å². The number of H-pyrrole nitrogens is 1. The Morgan fingerprint density at radius 2 is 2.16 bits per heavy atom. The van der Waals surface area contributed by atoms with Crippen LogP contribution >= 0.6 is 0 Å². The summed E-state index contributed by atoms with van der Waals surface area (Å²) >= 11 is 0. The van der Waals surface area contributed by atoms with Crippen LogP contribution in [0.15, 0.2) is 37.1 Å². The molecule has 2 N–H and O–H groups in total. The zero-order valence-electron chi connectivity index (χ0n) is 10.2. The Kier molecular flexibility index (Phi) is 2.68. The van der Waals surface area contributed by atoms with Crippen molar-refractivity contribution in [2.75, 3.05) is 5.32 Å². The van der Waals surface area contributed by atoms with Gasteiger partial charge in [-0.05, 0) is 18.6 Å². The molecule has 0 aliphatic carbocycles. The fraction of sp³-hybridized carbons (Fsp3) is 0.0769. The van der Waals surface area contributed by atoms with E-state index >= 15 is 0 Å². The molecular formula is C13H11N5O. The predicted molar refractivity (Wildman–Crippen MR) is 70.8 cm³/mol. The predicted octanol–water partition coefficient (Wildman–Crippen LogP) is 1.91. The maximum Gasteiger partial charge on any atom is 0.260 e. The number of amides is 1. The molecule has 94 valence electrons. The monoisotopic (exact) mass is 253 g/mol. The Bertz CT molecular complexity index is 735. The summed E-state index contributed by atoms with van der Waals surface area (Å²) in [6, 6.07) is 1.95. The molecule has 0 saturated heterocycles. The van der Waals surface area contributed by atoms with Gasteiger partial charge in [0.05, 0.1) is 17.3 Å². The van der Waals surface area contributed by atoms with E-state index in [1.54, 1.807) is 18.6 Å². The van der Waals surface area contributed by atoms with Gasteiger partial charge in [0.2, 0.25) is 0 Å². The van der Waals surface area contributed by atoms with Crippen molar-refractivity contribution in [1.29, 1.82) is 0 Å². The van der Waals surface area contributed by atoms with Gasteiger partial charge >= 0.3 is 0 Å². The van der Waals surface area contributed by atoms with Gasteiger partial charge in [0, 0.05) is 24.8 Å². The molecule has 3 aromatic rings. The summed E-state index contributed by atoms with van der Waals surface area (Å²) in [5.41, 5.74) is 3.01. The topological polar surface area (TPSA) is 83.6 Å². The summed E-state index contributed by atoms with van der Waals surface area (Å²) in [5.74, 6) is 0.150. The zero-order valence-corrected chi connectivity index (χ0v) is 10.2. The molecule has 3 aromatic heterocycles. The number of pyridine rings is 1. The minimum absolute atomic E-state index is 0.261. The summed E-state index contributed by atoms with van der Waals surface area (Å²) < 4.78 is 0. The van der Waals surface area contributed by atoms with E-state index in [0.29, 0.717) is 16.9 Å². The number of aromatic amines is 1. The van der Waals surface area contributed by atoms with Crippen LogP contribution in [0, 0.1) is 6.92 Å². The van der Waals surface area contributed by atoms with E-state index in [2.05, 4.69) is 25.3 Å². The molecule has 0 bridgehead atoms. The number of carbonyl (C=O) groups excluding carboxylic acids is 1. The highest BCUT2D eigenvalue weighted by Crippen LogP contribution is 2.17. The molecule has 6 nitrogen and oxygen atoms in total. The third-order valence-corrected chi connectivity index (χ3v) is 2.70. The van der Waals surface area contributed by atoms with Gasteiger partial charge < -0.3 is 10.3 Å². The number of hydrogen-bond acceptors (Lipinski definition) is 4. The van der Waals surface area contributed by atoms with Crippen molar-refractivity contribution in [1.82, 2.24) is 19.9 Å². The third kappa shape index (κ3) is 2.15. The molecule has 3 heterocycles. The lowest BCUT2D eigenvalue weighted by Gasteiger charge is -2.01. The van der Waals surface area contributed by atoms with Crippen molar-refractivity contribution < 1.29 is 4.79 Å². The Morgan fingerprint density at radius 1 is 1.26 bits per heavy atom. The molecular weight excluding hydrogens is 242 g/mol. The summed E-state index contributed by atoms with van der Waals surface area (Å²) in [7, 11) is 0. The molecule has 0 saturated carbocycles. The van der Waals surface area contributed by atoms with Crippen molar-refractivity contribution in [3.05, 3.63) is 48.2 Å². The SMILES string of the molecule is Cc1cnc2c(C(=O)Nc3cnccn3)c[nH]c2c1. The maximum atomic E-state index is 12.1. The molecule has 1 amide bonds. The maximum absolute atomic E-state index is 12.1. The third-order valence-electron chi connectivity index (χ3n) is 2.70. The van der Waals surface area contributed by atoms with Gasteiger partial charge in [0.1, 0.15) is 5.52 Å². The first-order valence-corrected chi connectivity index (χ1v) is 5.75. The molecule has 0 unspecified atom stereocenters. The van der Waals surface area contributed by atoms with Crippen LogP contribution in [0.5, 0.6) is 0 Å². The first-order valence-electron chi connectivity index (χ1n) is 5.75. The normalized spacial score (nSPS) is 10.6. The lowest BCUT2D eigenvalue weighted by Crippen LogP contribution is -2.12. The van der Waals surface area contributed by atoms with Gasteiger partial charge in [-0.3, -0.25) is 14.8 Å². The number of fused-ring (bicyclic) bond motifs is 1. The van der Waals surface area contributed by atoms with Crippen molar-refractivity contribution in [3.63, 3.8) is 0 Å². The average molecular weight is 253 g/mol. The van der Waals surface area contributed by atoms with Crippen molar-refractivity contribution in [3.8, 4) is 0 Å². The van der Waals surface area contributed by atoms with E-state index in [9.17, 15) is 4.79 Å². The van der Waals surface area contributed by atoms with Gasteiger partial charge in [-0.25, -0.2) is 4.98 Å². The Morgan fingerprint density at radius 3 is 2.95 bits per heavy atom. The van der Waals surface area contributed by atoms with E-state index in [1.165, 1.54) is 12.4 Å². The smallest absolute Gasteiger partial charge is 0.260 e. The first-order chi connectivity index (χ1) is 9.24. The lowest BCUT2D eigenvalue weighted by molar-refractivity contribution is 0.102. The summed E-state index contributed by atoms with van der Waals surface area (Å²) in [6.45, 7) is 1.95. The Hall–Kier alpha value is -2.76. The number of hydrogen-bond donors (Lipinski definition) is 2. The highest BCUT2D eigenvalue weighted by Gasteiger charge is 2.13. The van der Waals surface area contributed by atoms with E-state index in [-0.39, 0.29) is 5.91 Å². The molecule has 0 radical (unpaired) electrons. The molecule has 0 spiro atoms. The first kappa shape index (κ1) is 11.3. The summed E-state index contributed by atoms with van der Waals surface area (Å²) in [5, 5.41) is 2.68. The highest BCUT2D eigenvalue weighted by molar-refractivity contribution is 6.11. The van der Waals surface area contributed by atoms with Gasteiger partial charge in [-0.15, -0.1) is 0 Å². The number of anilines is 1. The van der Waals surface area contributed by atoms with Crippen molar-refractivity contribution >= 4 is 22.8 Å². The van der Waals surface area contributed by atoms with Crippen LogP contribution in [0.3, 0.4) is 0 Å². The van der Waals surface area contributed by atoms with Gasteiger partial charge in [0.15, 0.2) is 5.82 Å². The van der Waals surface area contributed by atoms with Crippen LogP contribution in [0.1, 0.15) is 15.9 Å². The molecule has 0 atom stereocenters. The molecule has 3 rings (SSSR count). The molecule has 0 aliphatic heterocycles. The number of aromatic nitrogens is 4. The number of rotatable bonds is 2. The van der Waals surface area contributed by atoms with Crippen molar-refractivity contribution in [2.24, 2.45) is 0 Å². The molecule has 0 fully saturated rings.